The number of quaternary nitrogens is 1. The van der Waals surface area contributed by atoms with Gasteiger partial charge in [0.05, 0.1) is 50.4 Å². The Kier molecular flexibility index (Phi) is 8.32. The van der Waals surface area contributed by atoms with Crippen LogP contribution in [0, 0.1) is 0 Å². The molecule has 0 aromatic heterocycles. The lowest BCUT2D eigenvalue weighted by Crippen LogP contribution is -3.15. The van der Waals surface area contributed by atoms with Crippen molar-refractivity contribution in [2.45, 2.75) is 29.9 Å². The van der Waals surface area contributed by atoms with E-state index in [1.165, 1.54) is 9.21 Å². The molecule has 0 spiro atoms. The van der Waals surface area contributed by atoms with Gasteiger partial charge in [-0.3, -0.25) is 0 Å². The maximum Gasteiger partial charge on any atom is 0.244 e. The molecule has 2 heterocycles. The average molecular weight is 543 g/mol. The molecule has 0 aliphatic carbocycles. The standard InChI is InChI=1S/C18H26Br2N2O5S/c19-14-3-4-17(20)18(10-14)28(24,25)22-7-5-21(6-8-22)11-15(23)12-26-13-16-2-1-9-27-16/h3-4,10,15-16,23H,1-2,5-9,11-13H2/p+1/t15-,16+/m0/s1. The Labute approximate surface area is 183 Å². The van der Waals surface area contributed by atoms with Crippen molar-refractivity contribution in [1.82, 2.24) is 4.31 Å². The smallest absolute Gasteiger partial charge is 0.244 e. The number of aliphatic hydroxyl groups is 1. The lowest BCUT2D eigenvalue weighted by Gasteiger charge is -2.32. The summed E-state index contributed by atoms with van der Waals surface area (Å²) >= 11 is 6.67. The van der Waals surface area contributed by atoms with Crippen LogP contribution in [0.1, 0.15) is 12.8 Å². The molecule has 2 atom stereocenters. The summed E-state index contributed by atoms with van der Waals surface area (Å²) in [5.41, 5.74) is 0. The van der Waals surface area contributed by atoms with Crippen molar-refractivity contribution in [1.29, 1.82) is 0 Å². The van der Waals surface area contributed by atoms with Crippen molar-refractivity contribution in [3.63, 3.8) is 0 Å². The lowest BCUT2D eigenvalue weighted by atomic mass is 10.2. The second-order valence-electron chi connectivity index (χ2n) is 7.26. The Morgan fingerprint density at radius 2 is 2.07 bits per heavy atom. The van der Waals surface area contributed by atoms with Gasteiger partial charge in [-0.15, -0.1) is 0 Å². The zero-order chi connectivity index (χ0) is 20.1. The van der Waals surface area contributed by atoms with Crippen LogP contribution in [0.2, 0.25) is 0 Å². The number of nitrogens with one attached hydrogen (secondary N) is 1. The summed E-state index contributed by atoms with van der Waals surface area (Å²) in [6.45, 7) is 4.35. The fourth-order valence-electron chi connectivity index (χ4n) is 3.56. The molecule has 28 heavy (non-hydrogen) atoms. The van der Waals surface area contributed by atoms with Gasteiger partial charge in [0.25, 0.3) is 0 Å². The van der Waals surface area contributed by atoms with Gasteiger partial charge in [-0.2, -0.15) is 4.31 Å². The molecule has 3 rings (SSSR count). The third-order valence-electron chi connectivity index (χ3n) is 5.10. The molecule has 0 radical (unpaired) electrons. The summed E-state index contributed by atoms with van der Waals surface area (Å²) in [6.07, 6.45) is 1.69. The molecule has 158 valence electrons. The van der Waals surface area contributed by atoms with Crippen LogP contribution in [-0.4, -0.2) is 82.6 Å². The van der Waals surface area contributed by atoms with E-state index in [-0.39, 0.29) is 17.6 Å². The van der Waals surface area contributed by atoms with Crippen LogP contribution >= 0.6 is 31.9 Å². The molecule has 2 saturated heterocycles. The van der Waals surface area contributed by atoms with Crippen LogP contribution in [0.15, 0.2) is 32.0 Å². The fraction of sp³-hybridized carbons (Fsp3) is 0.667. The molecule has 1 aromatic carbocycles. The summed E-state index contributed by atoms with van der Waals surface area (Å²) in [6, 6.07) is 5.15. The number of rotatable bonds is 8. The van der Waals surface area contributed by atoms with Crippen LogP contribution < -0.4 is 4.90 Å². The predicted octanol–water partition coefficient (Wildman–Crippen LogP) is 0.657. The maximum atomic E-state index is 12.9. The zero-order valence-corrected chi connectivity index (χ0v) is 19.6. The number of ether oxygens (including phenoxy) is 2. The second kappa shape index (κ2) is 10.3. The van der Waals surface area contributed by atoms with Crippen LogP contribution in [-0.2, 0) is 19.5 Å². The van der Waals surface area contributed by atoms with Crippen molar-refractivity contribution >= 4 is 41.9 Å². The number of hydrogen-bond acceptors (Lipinski definition) is 5. The van der Waals surface area contributed by atoms with E-state index in [4.69, 9.17) is 9.47 Å². The second-order valence-corrected chi connectivity index (χ2v) is 10.9. The Hall–Kier alpha value is -0.0700. The number of piperazine rings is 1. The number of halogens is 2. The molecule has 2 fully saturated rings. The fourth-order valence-corrected chi connectivity index (χ4v) is 6.47. The number of nitrogens with zero attached hydrogens (tertiary/aromatic N) is 1. The third-order valence-corrected chi connectivity index (χ3v) is 8.49. The van der Waals surface area contributed by atoms with Crippen LogP contribution in [0.4, 0.5) is 0 Å². The summed E-state index contributed by atoms with van der Waals surface area (Å²) in [7, 11) is -3.55. The highest BCUT2D eigenvalue weighted by molar-refractivity contribution is 9.11. The van der Waals surface area contributed by atoms with Crippen LogP contribution in [0.25, 0.3) is 0 Å². The summed E-state index contributed by atoms with van der Waals surface area (Å²) in [4.78, 5) is 1.46. The number of benzene rings is 1. The molecule has 0 unspecified atom stereocenters. The largest absolute Gasteiger partial charge is 0.385 e. The average Bonchev–Trinajstić information content (AvgIpc) is 3.17. The van der Waals surface area contributed by atoms with Gasteiger partial charge >= 0.3 is 0 Å². The van der Waals surface area contributed by atoms with Gasteiger partial charge in [-0.1, -0.05) is 15.9 Å². The Bertz CT molecular complexity index is 750. The molecular formula is C18H27Br2N2O5S+. The van der Waals surface area contributed by atoms with E-state index in [9.17, 15) is 13.5 Å². The zero-order valence-electron chi connectivity index (χ0n) is 15.6. The molecular weight excluding hydrogens is 516 g/mol. The van der Waals surface area contributed by atoms with Gasteiger partial charge < -0.3 is 19.5 Å². The van der Waals surface area contributed by atoms with E-state index < -0.39 is 16.1 Å². The van der Waals surface area contributed by atoms with Gasteiger partial charge in [0.1, 0.15) is 12.6 Å². The predicted molar refractivity (Wildman–Crippen MR) is 112 cm³/mol. The highest BCUT2D eigenvalue weighted by Crippen LogP contribution is 2.28. The lowest BCUT2D eigenvalue weighted by molar-refractivity contribution is -0.906. The monoisotopic (exact) mass is 541 g/mol. The maximum absolute atomic E-state index is 12.9. The van der Waals surface area contributed by atoms with E-state index >= 15 is 0 Å². The molecule has 0 bridgehead atoms. The van der Waals surface area contributed by atoms with Gasteiger partial charge in [0.2, 0.25) is 10.0 Å². The van der Waals surface area contributed by atoms with Crippen molar-refractivity contribution in [3.8, 4) is 0 Å². The Balaban J connectivity index is 1.45. The summed E-state index contributed by atoms with van der Waals surface area (Å²) in [5.74, 6) is 0. The molecule has 2 N–H and O–H groups in total. The molecule has 0 amide bonds. The Morgan fingerprint density at radius 3 is 2.75 bits per heavy atom. The van der Waals surface area contributed by atoms with Gasteiger partial charge in [-0.05, 0) is 47.0 Å². The molecule has 0 saturated carbocycles. The topological polar surface area (TPSA) is 80.5 Å². The number of sulfonamides is 1. The van der Waals surface area contributed by atoms with Gasteiger partial charge in [-0.25, -0.2) is 8.42 Å². The van der Waals surface area contributed by atoms with E-state index in [1.54, 1.807) is 18.2 Å². The number of hydrogen-bond donors (Lipinski definition) is 2. The Morgan fingerprint density at radius 1 is 1.32 bits per heavy atom. The summed E-state index contributed by atoms with van der Waals surface area (Å²) < 4.78 is 39.8. The first-order chi connectivity index (χ1) is 13.4. The van der Waals surface area contributed by atoms with E-state index in [0.29, 0.717) is 43.8 Å². The minimum atomic E-state index is -3.55. The molecule has 2 aliphatic heterocycles. The van der Waals surface area contributed by atoms with Crippen molar-refractivity contribution in [2.75, 3.05) is 52.5 Å². The van der Waals surface area contributed by atoms with Gasteiger partial charge in [0, 0.05) is 15.6 Å². The van der Waals surface area contributed by atoms with Crippen molar-refractivity contribution < 1.29 is 27.9 Å². The highest BCUT2D eigenvalue weighted by atomic mass is 79.9. The molecule has 1 aromatic rings. The van der Waals surface area contributed by atoms with Crippen LogP contribution in [0.3, 0.4) is 0 Å². The van der Waals surface area contributed by atoms with E-state index in [1.807, 2.05) is 0 Å². The third kappa shape index (κ3) is 5.98. The minimum Gasteiger partial charge on any atom is -0.385 e. The number of aliphatic hydroxyl groups excluding tert-OH is 1. The SMILES string of the molecule is O=S(=O)(c1cc(Br)ccc1Br)N1CC[NH+](C[C@H](O)COC[C@H]2CCCO2)CC1. The molecule has 10 heteroatoms. The molecule has 7 nitrogen and oxygen atoms in total. The quantitative estimate of drug-likeness (QED) is 0.504. The first kappa shape index (κ1) is 22.6. The molecule has 2 aliphatic rings. The van der Waals surface area contributed by atoms with E-state index in [2.05, 4.69) is 31.9 Å². The minimum absolute atomic E-state index is 0.158. The van der Waals surface area contributed by atoms with Crippen molar-refractivity contribution in [3.05, 3.63) is 27.1 Å². The first-order valence-corrected chi connectivity index (χ1v) is 12.5. The van der Waals surface area contributed by atoms with Crippen molar-refractivity contribution in [2.24, 2.45) is 0 Å². The van der Waals surface area contributed by atoms with Crippen LogP contribution in [0.5, 0.6) is 0 Å². The first-order valence-electron chi connectivity index (χ1n) is 9.52. The highest BCUT2D eigenvalue weighted by Gasteiger charge is 2.32. The van der Waals surface area contributed by atoms with E-state index in [0.717, 1.165) is 23.9 Å². The normalized spacial score (nSPS) is 23.2. The summed E-state index contributed by atoms with van der Waals surface area (Å²) in [5, 5.41) is 10.2. The van der Waals surface area contributed by atoms with Gasteiger partial charge in [0.15, 0.2) is 0 Å².